The molecule has 12 aromatic rings. The Morgan fingerprint density at radius 3 is 1.48 bits per heavy atom. The van der Waals surface area contributed by atoms with Gasteiger partial charge in [-0.3, -0.25) is 0 Å². The summed E-state index contributed by atoms with van der Waals surface area (Å²) < 4.78 is 6.71. The minimum atomic E-state index is 0.615. The molecular formula is C57H35N3O. The van der Waals surface area contributed by atoms with Crippen LogP contribution in [0.1, 0.15) is 0 Å². The van der Waals surface area contributed by atoms with E-state index >= 15 is 0 Å². The molecule has 0 fully saturated rings. The molecule has 0 unspecified atom stereocenters. The molecule has 0 spiro atoms. The van der Waals surface area contributed by atoms with Crippen LogP contribution in [0.25, 0.3) is 122 Å². The highest BCUT2D eigenvalue weighted by atomic mass is 16.3. The SMILES string of the molecule is c1ccc(-c2ccc(-c3nc(-c4ccccc4)nc(-c4cccc(-c5cc6c7cc(-c8cc9ccccc9c9ccccc89)ccc7oc6c6ccccc56)c4)n3)cc2)cc1. The Morgan fingerprint density at radius 2 is 0.738 bits per heavy atom. The van der Waals surface area contributed by atoms with E-state index in [2.05, 4.69) is 176 Å². The van der Waals surface area contributed by atoms with Gasteiger partial charge in [-0.15, -0.1) is 0 Å². The van der Waals surface area contributed by atoms with Gasteiger partial charge in [0.15, 0.2) is 17.5 Å². The van der Waals surface area contributed by atoms with Crippen molar-refractivity contribution in [2.24, 2.45) is 0 Å². The summed E-state index contributed by atoms with van der Waals surface area (Å²) in [6.07, 6.45) is 0. The Hall–Kier alpha value is -8.21. The van der Waals surface area contributed by atoms with E-state index in [1.165, 1.54) is 32.7 Å². The Labute approximate surface area is 352 Å². The molecule has 4 nitrogen and oxygen atoms in total. The van der Waals surface area contributed by atoms with E-state index in [9.17, 15) is 0 Å². The minimum Gasteiger partial charge on any atom is -0.455 e. The molecule has 0 N–H and O–H groups in total. The second kappa shape index (κ2) is 14.3. The number of aromatic nitrogens is 3. The van der Waals surface area contributed by atoms with Crippen molar-refractivity contribution in [3.63, 3.8) is 0 Å². The molecule has 0 radical (unpaired) electrons. The quantitative estimate of drug-likeness (QED) is 0.158. The molecule has 0 amide bonds. The van der Waals surface area contributed by atoms with Crippen molar-refractivity contribution in [3.8, 4) is 67.5 Å². The molecule has 0 atom stereocenters. The molecule has 2 aromatic heterocycles. The van der Waals surface area contributed by atoms with Gasteiger partial charge >= 0.3 is 0 Å². The summed E-state index contributed by atoms with van der Waals surface area (Å²) in [7, 11) is 0. The fourth-order valence-corrected chi connectivity index (χ4v) is 8.92. The Kier molecular flexibility index (Phi) is 8.13. The van der Waals surface area contributed by atoms with Gasteiger partial charge in [-0.25, -0.2) is 15.0 Å². The molecule has 0 bridgehead atoms. The molecule has 0 aliphatic rings. The minimum absolute atomic E-state index is 0.615. The number of hydrogen-bond acceptors (Lipinski definition) is 4. The van der Waals surface area contributed by atoms with Gasteiger partial charge in [-0.05, 0) is 90.6 Å². The van der Waals surface area contributed by atoms with Crippen molar-refractivity contribution in [2.75, 3.05) is 0 Å². The van der Waals surface area contributed by atoms with Gasteiger partial charge in [0.1, 0.15) is 11.2 Å². The largest absolute Gasteiger partial charge is 0.455 e. The van der Waals surface area contributed by atoms with Crippen LogP contribution in [0.5, 0.6) is 0 Å². The van der Waals surface area contributed by atoms with Crippen molar-refractivity contribution in [1.29, 1.82) is 0 Å². The number of benzene rings is 10. The van der Waals surface area contributed by atoms with Gasteiger partial charge in [-0.2, -0.15) is 0 Å². The highest BCUT2D eigenvalue weighted by Crippen LogP contribution is 2.43. The van der Waals surface area contributed by atoms with E-state index in [1.54, 1.807) is 0 Å². The fraction of sp³-hybridized carbons (Fsp3) is 0. The summed E-state index contributed by atoms with van der Waals surface area (Å²) in [6.45, 7) is 0. The summed E-state index contributed by atoms with van der Waals surface area (Å²) in [5, 5.41) is 9.32. The Morgan fingerprint density at radius 1 is 0.262 bits per heavy atom. The van der Waals surface area contributed by atoms with E-state index in [1.807, 2.05) is 36.4 Å². The van der Waals surface area contributed by atoms with Crippen molar-refractivity contribution >= 4 is 54.3 Å². The summed E-state index contributed by atoms with van der Waals surface area (Å²) in [5.74, 6) is 1.87. The van der Waals surface area contributed by atoms with Gasteiger partial charge in [0.25, 0.3) is 0 Å². The Balaban J connectivity index is 1.01. The van der Waals surface area contributed by atoms with E-state index in [4.69, 9.17) is 19.4 Å². The molecule has 0 aliphatic carbocycles. The normalized spacial score (nSPS) is 11.6. The van der Waals surface area contributed by atoms with E-state index in [-0.39, 0.29) is 0 Å². The lowest BCUT2D eigenvalue weighted by Crippen LogP contribution is -2.00. The summed E-state index contributed by atoms with van der Waals surface area (Å²) in [5.41, 5.74) is 11.4. The fourth-order valence-electron chi connectivity index (χ4n) is 8.92. The predicted octanol–water partition coefficient (Wildman–Crippen LogP) is 15.2. The number of nitrogens with zero attached hydrogens (tertiary/aromatic N) is 3. The van der Waals surface area contributed by atoms with Crippen LogP contribution >= 0.6 is 0 Å². The summed E-state index contributed by atoms with van der Waals surface area (Å²) in [4.78, 5) is 15.2. The van der Waals surface area contributed by atoms with E-state index in [0.717, 1.165) is 71.7 Å². The van der Waals surface area contributed by atoms with Crippen molar-refractivity contribution in [3.05, 3.63) is 212 Å². The molecule has 0 saturated carbocycles. The highest BCUT2D eigenvalue weighted by molar-refractivity contribution is 6.20. The van der Waals surface area contributed by atoms with E-state index < -0.39 is 0 Å². The van der Waals surface area contributed by atoms with Gasteiger partial charge in [0.05, 0.1) is 0 Å². The summed E-state index contributed by atoms with van der Waals surface area (Å²) >= 11 is 0. The third-order valence-electron chi connectivity index (χ3n) is 11.9. The first kappa shape index (κ1) is 34.8. The first-order valence-electron chi connectivity index (χ1n) is 20.6. The molecule has 10 aromatic carbocycles. The van der Waals surface area contributed by atoms with Crippen LogP contribution in [0.3, 0.4) is 0 Å². The van der Waals surface area contributed by atoms with Gasteiger partial charge in [0, 0.05) is 32.8 Å². The van der Waals surface area contributed by atoms with Crippen LogP contribution in [-0.2, 0) is 0 Å². The van der Waals surface area contributed by atoms with Crippen LogP contribution in [0.2, 0.25) is 0 Å². The zero-order chi connectivity index (χ0) is 40.3. The monoisotopic (exact) mass is 777 g/mol. The second-order valence-corrected chi connectivity index (χ2v) is 15.5. The van der Waals surface area contributed by atoms with Crippen LogP contribution in [0.4, 0.5) is 0 Å². The maximum Gasteiger partial charge on any atom is 0.164 e. The van der Waals surface area contributed by atoms with Crippen molar-refractivity contribution in [1.82, 2.24) is 15.0 Å². The maximum absolute atomic E-state index is 6.71. The molecule has 4 heteroatoms. The van der Waals surface area contributed by atoms with Gasteiger partial charge in [0.2, 0.25) is 0 Å². The highest BCUT2D eigenvalue weighted by Gasteiger charge is 2.18. The Bertz CT molecular complexity index is 3630. The first-order chi connectivity index (χ1) is 30.2. The topological polar surface area (TPSA) is 51.8 Å². The summed E-state index contributed by atoms with van der Waals surface area (Å²) in [6, 6.07) is 74.7. The average molecular weight is 778 g/mol. The third-order valence-corrected chi connectivity index (χ3v) is 11.9. The van der Waals surface area contributed by atoms with Crippen LogP contribution < -0.4 is 0 Å². The van der Waals surface area contributed by atoms with Crippen molar-refractivity contribution in [2.45, 2.75) is 0 Å². The zero-order valence-corrected chi connectivity index (χ0v) is 33.0. The van der Waals surface area contributed by atoms with Crippen LogP contribution in [-0.4, -0.2) is 15.0 Å². The van der Waals surface area contributed by atoms with Crippen LogP contribution in [0.15, 0.2) is 217 Å². The molecule has 12 rings (SSSR count). The predicted molar refractivity (Wildman–Crippen MR) is 252 cm³/mol. The lowest BCUT2D eigenvalue weighted by atomic mass is 9.92. The van der Waals surface area contributed by atoms with Gasteiger partial charge < -0.3 is 4.42 Å². The number of fused-ring (bicyclic) bond motifs is 8. The molecule has 2 heterocycles. The van der Waals surface area contributed by atoms with Crippen molar-refractivity contribution < 1.29 is 4.42 Å². The zero-order valence-electron chi connectivity index (χ0n) is 33.0. The molecule has 0 aliphatic heterocycles. The van der Waals surface area contributed by atoms with E-state index in [0.29, 0.717) is 17.5 Å². The third kappa shape index (κ3) is 6.04. The lowest BCUT2D eigenvalue weighted by Gasteiger charge is -2.12. The standard InChI is InChI=1S/C57H35N3O/c1-3-14-36(15-4-1)37-26-28-39(29-27-37)56-58-55(38-16-5-2-6-17-38)59-57(60-56)43-20-13-19-40(32-43)50-35-52-51-34-42(30-31-53(51)61-54(52)48-25-12-11-24-47(48)50)49-33-41-18-7-8-21-44(41)45-22-9-10-23-46(45)49/h1-35H. The number of furan rings is 1. The van der Waals surface area contributed by atoms with Gasteiger partial charge in [-0.1, -0.05) is 182 Å². The second-order valence-electron chi connectivity index (χ2n) is 15.5. The molecule has 61 heavy (non-hydrogen) atoms. The van der Waals surface area contributed by atoms with Crippen LogP contribution in [0, 0.1) is 0 Å². The molecule has 0 saturated heterocycles. The maximum atomic E-state index is 6.71. The molecular weight excluding hydrogens is 743 g/mol. The first-order valence-corrected chi connectivity index (χ1v) is 20.6. The number of rotatable bonds is 6. The smallest absolute Gasteiger partial charge is 0.164 e. The number of hydrogen-bond donors (Lipinski definition) is 0. The average Bonchev–Trinajstić information content (AvgIpc) is 3.72. The molecule has 284 valence electrons. The lowest BCUT2D eigenvalue weighted by molar-refractivity contribution is 0.673.